The van der Waals surface area contributed by atoms with E-state index in [2.05, 4.69) is 39.4 Å². The zero-order chi connectivity index (χ0) is 26.5. The predicted octanol–water partition coefficient (Wildman–Crippen LogP) is 5.78. The lowest BCUT2D eigenvalue weighted by Crippen LogP contribution is -2.33. The molecule has 0 amide bonds. The third-order valence-corrected chi connectivity index (χ3v) is 9.23. The first kappa shape index (κ1) is 26.9. The van der Waals surface area contributed by atoms with Crippen molar-refractivity contribution in [3.63, 3.8) is 0 Å². The zero-order valence-electron chi connectivity index (χ0n) is 20.8. The second kappa shape index (κ2) is 12.0. The molecule has 2 heterocycles. The van der Waals surface area contributed by atoms with E-state index in [9.17, 15) is 8.42 Å². The first-order chi connectivity index (χ1) is 18.3. The summed E-state index contributed by atoms with van der Waals surface area (Å²) < 4.78 is 30.8. The molecule has 1 aliphatic rings. The van der Waals surface area contributed by atoms with Crippen LogP contribution in [0.1, 0.15) is 29.9 Å². The van der Waals surface area contributed by atoms with E-state index in [1.807, 2.05) is 36.4 Å². The summed E-state index contributed by atoms with van der Waals surface area (Å²) in [7, 11) is -4.01. The maximum Gasteiger partial charge on any atom is 0.249 e. The third-order valence-electron chi connectivity index (χ3n) is 6.71. The number of nitrogens with two attached hydrogens (primary N) is 1. The molecule has 1 saturated heterocycles. The Bertz CT molecular complexity index is 1470. The standard InChI is InChI=1S/C28H29ClN4O3S2/c29-24-17-25(37-19-22-9-5-2-6-10-22)26(38(30,34)35)16-23(24)28-32-31-27(36-28)18-33-13-11-21(12-14-33)15-20-7-3-1-4-8-20/h1-10,16-17,21H,11-15,18-19H2,(H2,30,34,35). The van der Waals surface area contributed by atoms with Crippen LogP contribution in [0.15, 0.2) is 87.0 Å². The number of piperidine rings is 1. The number of hydrogen-bond acceptors (Lipinski definition) is 7. The summed E-state index contributed by atoms with van der Waals surface area (Å²) in [5.41, 5.74) is 2.79. The van der Waals surface area contributed by atoms with Crippen molar-refractivity contribution in [1.29, 1.82) is 0 Å². The van der Waals surface area contributed by atoms with Crippen LogP contribution in [-0.4, -0.2) is 36.6 Å². The molecular formula is C28H29ClN4O3S2. The number of hydrogen-bond donors (Lipinski definition) is 1. The summed E-state index contributed by atoms with van der Waals surface area (Å²) in [6, 6.07) is 23.4. The second-order valence-corrected chi connectivity index (χ2v) is 12.5. The second-order valence-electron chi connectivity index (χ2n) is 9.51. The van der Waals surface area contributed by atoms with E-state index in [-0.39, 0.29) is 10.8 Å². The van der Waals surface area contributed by atoms with Gasteiger partial charge < -0.3 is 4.42 Å². The quantitative estimate of drug-likeness (QED) is 0.255. The Balaban J connectivity index is 1.26. The van der Waals surface area contributed by atoms with E-state index >= 15 is 0 Å². The van der Waals surface area contributed by atoms with Gasteiger partial charge in [0.25, 0.3) is 0 Å². The fourth-order valence-electron chi connectivity index (χ4n) is 4.68. The van der Waals surface area contributed by atoms with E-state index < -0.39 is 10.0 Å². The van der Waals surface area contributed by atoms with Gasteiger partial charge in [0.1, 0.15) is 0 Å². The molecule has 0 radical (unpaired) electrons. The van der Waals surface area contributed by atoms with E-state index in [1.54, 1.807) is 6.07 Å². The molecule has 1 fully saturated rings. The number of benzene rings is 3. The highest BCUT2D eigenvalue weighted by Crippen LogP contribution is 2.37. The summed E-state index contributed by atoms with van der Waals surface area (Å²) >= 11 is 7.92. The Kier molecular flexibility index (Phi) is 8.50. The molecule has 0 unspecified atom stereocenters. The van der Waals surface area contributed by atoms with E-state index in [0.29, 0.717) is 39.6 Å². The molecule has 7 nitrogen and oxygen atoms in total. The molecule has 0 bridgehead atoms. The van der Waals surface area contributed by atoms with Crippen LogP contribution in [0.5, 0.6) is 0 Å². The van der Waals surface area contributed by atoms with Crippen LogP contribution in [-0.2, 0) is 28.7 Å². The van der Waals surface area contributed by atoms with Crippen LogP contribution >= 0.6 is 23.4 Å². The Morgan fingerprint density at radius 1 is 0.974 bits per heavy atom. The van der Waals surface area contributed by atoms with Crippen molar-refractivity contribution >= 4 is 33.4 Å². The molecule has 4 aromatic rings. The van der Waals surface area contributed by atoms with Crippen molar-refractivity contribution < 1.29 is 12.8 Å². The normalized spacial score (nSPS) is 15.1. The molecule has 3 aromatic carbocycles. The predicted molar refractivity (Wildman–Crippen MR) is 150 cm³/mol. The molecule has 0 atom stereocenters. The highest BCUT2D eigenvalue weighted by molar-refractivity contribution is 7.99. The van der Waals surface area contributed by atoms with Gasteiger partial charge in [-0.05, 0) is 61.5 Å². The fourth-order valence-corrected chi connectivity index (χ4v) is 7.06. The number of primary sulfonamides is 1. The Hall–Kier alpha value is -2.69. The molecule has 5 rings (SSSR count). The van der Waals surface area contributed by atoms with Crippen molar-refractivity contribution in [3.8, 4) is 11.5 Å². The number of aromatic nitrogens is 2. The smallest absolute Gasteiger partial charge is 0.249 e. The summed E-state index contributed by atoms with van der Waals surface area (Å²) in [4.78, 5) is 2.76. The van der Waals surface area contributed by atoms with Gasteiger partial charge in [-0.2, -0.15) is 0 Å². The highest BCUT2D eigenvalue weighted by Gasteiger charge is 2.24. The van der Waals surface area contributed by atoms with Crippen molar-refractivity contribution in [2.45, 2.75) is 41.4 Å². The molecule has 198 valence electrons. The lowest BCUT2D eigenvalue weighted by molar-refractivity contribution is 0.164. The Morgan fingerprint density at radius 2 is 1.63 bits per heavy atom. The number of likely N-dealkylation sites (tertiary alicyclic amines) is 1. The SMILES string of the molecule is NS(=O)(=O)c1cc(-c2nnc(CN3CCC(Cc4ccccc4)CC3)o2)c(Cl)cc1SCc1ccccc1. The molecule has 0 aliphatic carbocycles. The highest BCUT2D eigenvalue weighted by atomic mass is 35.5. The van der Waals surface area contributed by atoms with E-state index in [0.717, 1.165) is 37.9 Å². The Labute approximate surface area is 232 Å². The van der Waals surface area contributed by atoms with Crippen LogP contribution in [0.4, 0.5) is 0 Å². The summed E-state index contributed by atoms with van der Waals surface area (Å²) in [5, 5.41) is 14.2. The molecule has 1 aromatic heterocycles. The summed E-state index contributed by atoms with van der Waals surface area (Å²) in [6.07, 6.45) is 3.33. The maximum atomic E-state index is 12.4. The molecule has 0 spiro atoms. The van der Waals surface area contributed by atoms with Crippen molar-refractivity contribution in [1.82, 2.24) is 15.1 Å². The Morgan fingerprint density at radius 3 is 2.29 bits per heavy atom. The van der Waals surface area contributed by atoms with Gasteiger partial charge in [-0.25, -0.2) is 13.6 Å². The molecule has 2 N–H and O–H groups in total. The van der Waals surface area contributed by atoms with Crippen LogP contribution < -0.4 is 5.14 Å². The van der Waals surface area contributed by atoms with Gasteiger partial charge in [0, 0.05) is 10.6 Å². The minimum Gasteiger partial charge on any atom is -0.419 e. The number of thioether (sulfide) groups is 1. The third kappa shape index (κ3) is 6.84. The number of sulfonamides is 1. The van der Waals surface area contributed by atoms with Crippen LogP contribution in [0.2, 0.25) is 5.02 Å². The minimum atomic E-state index is -4.01. The zero-order valence-corrected chi connectivity index (χ0v) is 23.2. The molecule has 1 aliphatic heterocycles. The lowest BCUT2D eigenvalue weighted by atomic mass is 9.90. The topological polar surface area (TPSA) is 102 Å². The van der Waals surface area contributed by atoms with Crippen molar-refractivity contribution in [2.75, 3.05) is 13.1 Å². The van der Waals surface area contributed by atoms with Gasteiger partial charge in [-0.1, -0.05) is 72.3 Å². The monoisotopic (exact) mass is 568 g/mol. The number of nitrogens with zero attached hydrogens (tertiary/aromatic N) is 3. The summed E-state index contributed by atoms with van der Waals surface area (Å²) in [5.74, 6) is 1.89. The average Bonchev–Trinajstić information content (AvgIpc) is 3.37. The van der Waals surface area contributed by atoms with Gasteiger partial charge in [-0.3, -0.25) is 4.90 Å². The molecule has 0 saturated carbocycles. The number of halogens is 1. The molecule has 38 heavy (non-hydrogen) atoms. The van der Waals surface area contributed by atoms with Crippen LogP contribution in [0, 0.1) is 5.92 Å². The van der Waals surface area contributed by atoms with Gasteiger partial charge in [-0.15, -0.1) is 22.0 Å². The first-order valence-corrected chi connectivity index (χ1v) is 15.4. The van der Waals surface area contributed by atoms with Gasteiger partial charge in [0.05, 0.1) is 22.0 Å². The van der Waals surface area contributed by atoms with E-state index in [1.165, 1.54) is 23.4 Å². The van der Waals surface area contributed by atoms with Crippen LogP contribution in [0.25, 0.3) is 11.5 Å². The summed E-state index contributed by atoms with van der Waals surface area (Å²) in [6.45, 7) is 2.45. The van der Waals surface area contributed by atoms with Crippen molar-refractivity contribution in [2.24, 2.45) is 11.1 Å². The fraction of sp³-hybridized carbons (Fsp3) is 0.286. The maximum absolute atomic E-state index is 12.4. The lowest BCUT2D eigenvalue weighted by Gasteiger charge is -2.31. The minimum absolute atomic E-state index is 0.0157. The molecular weight excluding hydrogens is 540 g/mol. The van der Waals surface area contributed by atoms with Crippen molar-refractivity contribution in [3.05, 3.63) is 94.8 Å². The first-order valence-electron chi connectivity index (χ1n) is 12.5. The largest absolute Gasteiger partial charge is 0.419 e. The van der Waals surface area contributed by atoms with Crippen LogP contribution in [0.3, 0.4) is 0 Å². The molecule has 10 heteroatoms. The van der Waals surface area contributed by atoms with Gasteiger partial charge >= 0.3 is 0 Å². The number of rotatable bonds is 9. The van der Waals surface area contributed by atoms with Gasteiger partial charge in [0.15, 0.2) is 0 Å². The average molecular weight is 569 g/mol. The van der Waals surface area contributed by atoms with Gasteiger partial charge in [0.2, 0.25) is 21.8 Å². The van der Waals surface area contributed by atoms with E-state index in [4.69, 9.17) is 21.2 Å².